The lowest BCUT2D eigenvalue weighted by Crippen LogP contribution is -2.09. The number of ether oxygens (including phenoxy) is 2. The van der Waals surface area contributed by atoms with Crippen molar-refractivity contribution in [2.45, 2.75) is 6.92 Å². The normalized spacial score (nSPS) is 9.80. The molecular formula is C10H10F2O3. The molecule has 0 saturated heterocycles. The Morgan fingerprint density at radius 2 is 1.80 bits per heavy atom. The van der Waals surface area contributed by atoms with Crippen molar-refractivity contribution in [3.8, 4) is 5.75 Å². The summed E-state index contributed by atoms with van der Waals surface area (Å²) < 4.78 is 34.9. The first-order chi connectivity index (χ1) is 7.08. The van der Waals surface area contributed by atoms with Crippen LogP contribution >= 0.6 is 0 Å². The second-order valence-electron chi connectivity index (χ2n) is 2.79. The number of esters is 1. The molecule has 0 aliphatic carbocycles. The average Bonchev–Trinajstić information content (AvgIpc) is 2.10. The summed E-state index contributed by atoms with van der Waals surface area (Å²) in [6, 6.07) is 2.85. The van der Waals surface area contributed by atoms with Gasteiger partial charge in [-0.1, -0.05) is 0 Å². The molecule has 0 fully saturated rings. The van der Waals surface area contributed by atoms with Crippen LogP contribution in [0.25, 0.3) is 0 Å². The van der Waals surface area contributed by atoms with Gasteiger partial charge in [0.15, 0.2) is 0 Å². The molecule has 0 aliphatic rings. The zero-order valence-corrected chi connectivity index (χ0v) is 8.13. The van der Waals surface area contributed by atoms with E-state index in [1.807, 2.05) is 0 Å². The van der Waals surface area contributed by atoms with Crippen LogP contribution in [-0.2, 0) is 9.53 Å². The highest BCUT2D eigenvalue weighted by Gasteiger charge is 2.01. The minimum atomic E-state index is -0.711. The molecule has 0 amide bonds. The molecule has 0 unspecified atom stereocenters. The van der Waals surface area contributed by atoms with E-state index in [9.17, 15) is 13.6 Å². The Morgan fingerprint density at radius 1 is 1.20 bits per heavy atom. The summed E-state index contributed by atoms with van der Waals surface area (Å²) in [5, 5.41) is 0. The zero-order valence-electron chi connectivity index (χ0n) is 8.13. The number of carbonyl (C=O) groups excluding carboxylic acids is 1. The van der Waals surface area contributed by atoms with Crippen molar-refractivity contribution in [1.82, 2.24) is 0 Å². The number of halogens is 2. The molecule has 15 heavy (non-hydrogen) atoms. The highest BCUT2D eigenvalue weighted by Crippen LogP contribution is 2.14. The predicted octanol–water partition coefficient (Wildman–Crippen LogP) is 1.91. The number of carbonyl (C=O) groups is 1. The first-order valence-corrected chi connectivity index (χ1v) is 4.30. The van der Waals surface area contributed by atoms with E-state index in [4.69, 9.17) is 4.74 Å². The fourth-order valence-corrected chi connectivity index (χ4v) is 0.957. The van der Waals surface area contributed by atoms with Crippen molar-refractivity contribution in [2.24, 2.45) is 0 Å². The highest BCUT2D eigenvalue weighted by atomic mass is 19.1. The minimum absolute atomic E-state index is 0.0491. The molecule has 0 bridgehead atoms. The summed E-state index contributed by atoms with van der Waals surface area (Å²) in [4.78, 5) is 10.4. The topological polar surface area (TPSA) is 35.5 Å². The fourth-order valence-electron chi connectivity index (χ4n) is 0.957. The van der Waals surface area contributed by atoms with Crippen LogP contribution in [-0.4, -0.2) is 19.2 Å². The van der Waals surface area contributed by atoms with Gasteiger partial charge in [-0.2, -0.15) is 0 Å². The molecule has 0 saturated carbocycles. The third-order valence-corrected chi connectivity index (χ3v) is 1.49. The van der Waals surface area contributed by atoms with Crippen molar-refractivity contribution in [2.75, 3.05) is 13.2 Å². The van der Waals surface area contributed by atoms with Crippen molar-refractivity contribution in [3.63, 3.8) is 0 Å². The van der Waals surface area contributed by atoms with E-state index in [0.717, 1.165) is 18.2 Å². The van der Waals surface area contributed by atoms with E-state index >= 15 is 0 Å². The van der Waals surface area contributed by atoms with Gasteiger partial charge in [0.1, 0.15) is 30.6 Å². The maximum Gasteiger partial charge on any atom is 0.302 e. The summed E-state index contributed by atoms with van der Waals surface area (Å²) in [7, 11) is 0. The summed E-state index contributed by atoms with van der Waals surface area (Å²) in [5.41, 5.74) is 0. The van der Waals surface area contributed by atoms with E-state index in [-0.39, 0.29) is 19.0 Å². The first-order valence-electron chi connectivity index (χ1n) is 4.30. The Bertz CT molecular complexity index is 332. The fraction of sp³-hybridized carbons (Fsp3) is 0.300. The van der Waals surface area contributed by atoms with E-state index in [2.05, 4.69) is 4.74 Å². The van der Waals surface area contributed by atoms with Gasteiger partial charge in [-0.25, -0.2) is 8.78 Å². The van der Waals surface area contributed by atoms with Crippen LogP contribution in [0.5, 0.6) is 5.75 Å². The lowest BCUT2D eigenvalue weighted by Gasteiger charge is -2.06. The predicted molar refractivity (Wildman–Crippen MR) is 48.5 cm³/mol. The van der Waals surface area contributed by atoms with Crippen LogP contribution in [0.15, 0.2) is 18.2 Å². The molecule has 0 radical (unpaired) electrons. The van der Waals surface area contributed by atoms with Gasteiger partial charge in [-0.3, -0.25) is 4.79 Å². The number of hydrogen-bond acceptors (Lipinski definition) is 3. The molecule has 0 heterocycles. The van der Waals surface area contributed by atoms with Gasteiger partial charge in [0, 0.05) is 25.1 Å². The van der Waals surface area contributed by atoms with Gasteiger partial charge in [-0.15, -0.1) is 0 Å². The monoisotopic (exact) mass is 216 g/mol. The Kier molecular flexibility index (Phi) is 4.03. The van der Waals surface area contributed by atoms with Crippen LogP contribution in [0.4, 0.5) is 8.78 Å². The van der Waals surface area contributed by atoms with Crippen LogP contribution in [0, 0.1) is 11.6 Å². The molecule has 1 aromatic rings. The number of hydrogen-bond donors (Lipinski definition) is 0. The summed E-state index contributed by atoms with van der Waals surface area (Å²) in [6.07, 6.45) is 0. The van der Waals surface area contributed by atoms with Gasteiger partial charge >= 0.3 is 5.97 Å². The molecule has 5 heteroatoms. The minimum Gasteiger partial charge on any atom is -0.490 e. The molecule has 0 aliphatic heterocycles. The molecule has 0 N–H and O–H groups in total. The summed E-state index contributed by atoms with van der Waals surface area (Å²) in [5.74, 6) is -1.78. The molecular weight excluding hydrogens is 206 g/mol. The Morgan fingerprint density at radius 3 is 2.33 bits per heavy atom. The van der Waals surface area contributed by atoms with Crippen LogP contribution in [0.3, 0.4) is 0 Å². The molecule has 0 spiro atoms. The smallest absolute Gasteiger partial charge is 0.302 e. The molecule has 3 nitrogen and oxygen atoms in total. The van der Waals surface area contributed by atoms with Gasteiger partial charge in [-0.05, 0) is 0 Å². The average molecular weight is 216 g/mol. The summed E-state index contributed by atoms with van der Waals surface area (Å²) in [6.45, 7) is 1.37. The van der Waals surface area contributed by atoms with E-state index in [1.54, 1.807) is 0 Å². The Labute approximate surface area is 85.6 Å². The van der Waals surface area contributed by atoms with Crippen molar-refractivity contribution in [3.05, 3.63) is 29.8 Å². The van der Waals surface area contributed by atoms with Crippen molar-refractivity contribution in [1.29, 1.82) is 0 Å². The Hall–Kier alpha value is -1.65. The maximum atomic E-state index is 12.7. The van der Waals surface area contributed by atoms with Crippen LogP contribution < -0.4 is 4.74 Å². The van der Waals surface area contributed by atoms with Gasteiger partial charge in [0.25, 0.3) is 0 Å². The molecule has 82 valence electrons. The lowest BCUT2D eigenvalue weighted by atomic mass is 10.3. The van der Waals surface area contributed by atoms with Crippen LogP contribution in [0.1, 0.15) is 6.92 Å². The first kappa shape index (κ1) is 11.4. The van der Waals surface area contributed by atoms with Gasteiger partial charge in [0.05, 0.1) is 0 Å². The SMILES string of the molecule is CC(=O)OCCOc1cc(F)cc(F)c1. The van der Waals surface area contributed by atoms with Gasteiger partial charge in [0.2, 0.25) is 0 Å². The van der Waals surface area contributed by atoms with Crippen LogP contribution in [0.2, 0.25) is 0 Å². The van der Waals surface area contributed by atoms with E-state index in [0.29, 0.717) is 0 Å². The highest BCUT2D eigenvalue weighted by molar-refractivity contribution is 5.65. The van der Waals surface area contributed by atoms with Gasteiger partial charge < -0.3 is 9.47 Å². The molecule has 0 atom stereocenters. The van der Waals surface area contributed by atoms with Crippen molar-refractivity contribution >= 4 is 5.97 Å². The molecule has 0 aromatic heterocycles. The standard InChI is InChI=1S/C10H10F2O3/c1-7(13)14-2-3-15-10-5-8(11)4-9(12)6-10/h4-6H,2-3H2,1H3. The maximum absolute atomic E-state index is 12.7. The quantitative estimate of drug-likeness (QED) is 0.569. The third kappa shape index (κ3) is 4.39. The molecule has 1 aromatic carbocycles. The third-order valence-electron chi connectivity index (χ3n) is 1.49. The lowest BCUT2D eigenvalue weighted by molar-refractivity contribution is -0.141. The number of rotatable bonds is 4. The molecule has 1 rings (SSSR count). The van der Waals surface area contributed by atoms with E-state index in [1.165, 1.54) is 6.92 Å². The van der Waals surface area contributed by atoms with E-state index < -0.39 is 17.6 Å². The Balaban J connectivity index is 2.40. The second-order valence-corrected chi connectivity index (χ2v) is 2.79. The zero-order chi connectivity index (χ0) is 11.3. The second kappa shape index (κ2) is 5.29. The largest absolute Gasteiger partial charge is 0.490 e. The summed E-state index contributed by atoms with van der Waals surface area (Å²) >= 11 is 0. The van der Waals surface area contributed by atoms with Crippen molar-refractivity contribution < 1.29 is 23.0 Å². The number of benzene rings is 1.